The Hall–Kier alpha value is -7.76. The molecule has 0 aromatic heterocycles. The van der Waals surface area contributed by atoms with Crippen molar-refractivity contribution in [1.29, 1.82) is 0 Å². The summed E-state index contributed by atoms with van der Waals surface area (Å²) >= 11 is 0. The number of carboxylic acids is 1. The number of nitrogens with zero attached hydrogens (tertiary/aromatic N) is 1. The van der Waals surface area contributed by atoms with Gasteiger partial charge in [0.05, 0.1) is 144 Å². The second kappa shape index (κ2) is 52.3. The summed E-state index contributed by atoms with van der Waals surface area (Å²) < 4.78 is 64.9. The van der Waals surface area contributed by atoms with Gasteiger partial charge in [-0.3, -0.25) is 48.1 Å². The van der Waals surface area contributed by atoms with Crippen LogP contribution in [0.3, 0.4) is 0 Å². The second-order valence-corrected chi connectivity index (χ2v) is 23.5. The van der Waals surface area contributed by atoms with Gasteiger partial charge >= 0.3 is 12.1 Å². The smallest absolute Gasteiger partial charge is 0.407 e. The Bertz CT molecular complexity index is 2730. The van der Waals surface area contributed by atoms with Crippen LogP contribution in [0.5, 0.6) is 5.75 Å². The summed E-state index contributed by atoms with van der Waals surface area (Å²) in [6.45, 7) is 13.8. The Morgan fingerprint density at radius 2 is 1.05 bits per heavy atom. The molecule has 32 nitrogen and oxygen atoms in total. The fourth-order valence-electron chi connectivity index (χ4n) is 8.88. The Kier molecular flexibility index (Phi) is 45.1. The highest BCUT2D eigenvalue weighted by atomic mass is 16.6. The molecule has 0 aliphatic carbocycles. The molecular weight excluding hydrogens is 1300 g/mol. The third-order valence-corrected chi connectivity index (χ3v) is 13.9. The number of hydrogen-bond acceptors (Lipinski definition) is 23. The number of aromatic hydroxyl groups is 1. The number of carbonyl (C=O) groups is 10. The maximum absolute atomic E-state index is 13.4. The average molecular weight is 1410 g/mol. The van der Waals surface area contributed by atoms with Crippen molar-refractivity contribution in [1.82, 2.24) is 31.5 Å². The molecule has 1 aliphatic heterocycles. The molecule has 9 N–H and O–H groups in total. The molecule has 2 aromatic carbocycles. The highest BCUT2D eigenvalue weighted by molar-refractivity contribution is 6.12. The number of ether oxygens (including phenoxy) is 12. The van der Waals surface area contributed by atoms with Gasteiger partial charge in [0.25, 0.3) is 11.8 Å². The molecule has 32 heteroatoms. The van der Waals surface area contributed by atoms with Crippen LogP contribution in [-0.4, -0.2) is 258 Å². The number of unbranched alkanes of at least 4 members (excludes halogenated alkanes) is 1. The number of hydrogen-bond donors (Lipinski definition) is 9. The van der Waals surface area contributed by atoms with E-state index in [2.05, 4.69) is 37.2 Å². The Balaban J connectivity index is 1.25. The Labute approximate surface area is 578 Å². The maximum atomic E-state index is 13.4. The molecule has 99 heavy (non-hydrogen) atoms. The number of methoxy groups -OCH3 is 1. The lowest BCUT2D eigenvalue weighted by Gasteiger charge is -2.25. The number of amides is 9. The van der Waals surface area contributed by atoms with Crippen molar-refractivity contribution in [2.45, 2.75) is 110 Å². The van der Waals surface area contributed by atoms with Crippen molar-refractivity contribution in [2.75, 3.05) is 176 Å². The monoisotopic (exact) mass is 1400 g/mol. The molecule has 0 saturated heterocycles. The average Bonchev–Trinajstić information content (AvgIpc) is 1.75. The van der Waals surface area contributed by atoms with Crippen LogP contribution >= 0.6 is 0 Å². The first kappa shape index (κ1) is 85.5. The van der Waals surface area contributed by atoms with Crippen LogP contribution in [0, 0.1) is 5.92 Å². The van der Waals surface area contributed by atoms with E-state index in [1.807, 2.05) is 0 Å². The molecule has 0 radical (unpaired) electrons. The number of carbonyl (C=O) groups excluding carboxylic acids is 9. The van der Waals surface area contributed by atoms with Crippen LogP contribution in [0.4, 0.5) is 16.2 Å². The number of carboxylic acid groups (broad SMARTS) is 1. The lowest BCUT2D eigenvalue weighted by atomic mass is 9.96. The maximum Gasteiger partial charge on any atom is 0.407 e. The third-order valence-electron chi connectivity index (χ3n) is 13.9. The van der Waals surface area contributed by atoms with Crippen molar-refractivity contribution in [3.63, 3.8) is 0 Å². The van der Waals surface area contributed by atoms with Crippen LogP contribution in [-0.2, 0) is 113 Å². The SMILES string of the molecule is COCCOCCOCCOCCOCCOCCOCCOCCOCCOCC(=O)NCCCC[C@H](NC(=O)CCCN1C(=O)C=CC1=O)C(=O)NCCCC(=O)NCC(=O)Nc1ccc(COCC(=O)Nc2cc(C[C@@H](C[C@H](C)C(=O)O)NC(=O)OC(C)(C)C)ccc2O)cc1. The Morgan fingerprint density at radius 3 is 1.60 bits per heavy atom. The first-order valence-corrected chi connectivity index (χ1v) is 33.3. The summed E-state index contributed by atoms with van der Waals surface area (Å²) in [7, 11) is 1.62. The topological polar surface area (TPSA) is 409 Å². The second-order valence-electron chi connectivity index (χ2n) is 23.5. The predicted molar refractivity (Wildman–Crippen MR) is 358 cm³/mol. The van der Waals surface area contributed by atoms with Gasteiger partial charge in [-0.2, -0.15) is 0 Å². The van der Waals surface area contributed by atoms with Crippen molar-refractivity contribution in [3.05, 3.63) is 65.7 Å². The summed E-state index contributed by atoms with van der Waals surface area (Å²) in [5.41, 5.74) is 0.973. The van der Waals surface area contributed by atoms with Crippen molar-refractivity contribution in [3.8, 4) is 5.75 Å². The van der Waals surface area contributed by atoms with Crippen LogP contribution in [0.2, 0.25) is 0 Å². The zero-order valence-corrected chi connectivity index (χ0v) is 57.8. The summed E-state index contributed by atoms with van der Waals surface area (Å²) in [5.74, 6) is -5.86. The van der Waals surface area contributed by atoms with E-state index in [0.29, 0.717) is 135 Å². The van der Waals surface area contributed by atoms with Gasteiger partial charge in [0.2, 0.25) is 35.4 Å². The first-order chi connectivity index (χ1) is 47.6. The van der Waals surface area contributed by atoms with Crippen LogP contribution < -0.4 is 37.2 Å². The van der Waals surface area contributed by atoms with E-state index in [0.717, 1.165) is 17.1 Å². The molecule has 0 fully saturated rings. The molecule has 0 bridgehead atoms. The number of anilines is 2. The van der Waals surface area contributed by atoms with Crippen molar-refractivity contribution in [2.24, 2.45) is 5.92 Å². The molecule has 0 saturated carbocycles. The number of nitrogens with one attached hydrogen (secondary N) is 7. The van der Waals surface area contributed by atoms with Crippen LogP contribution in [0.25, 0.3) is 0 Å². The summed E-state index contributed by atoms with van der Waals surface area (Å²) in [5, 5.41) is 38.7. The predicted octanol–water partition coefficient (Wildman–Crippen LogP) is 2.32. The van der Waals surface area contributed by atoms with Gasteiger partial charge in [0.1, 0.15) is 30.6 Å². The lowest BCUT2D eigenvalue weighted by molar-refractivity contribution is -0.141. The zero-order chi connectivity index (χ0) is 72.3. The van der Waals surface area contributed by atoms with E-state index >= 15 is 0 Å². The molecule has 9 amide bonds. The van der Waals surface area contributed by atoms with Gasteiger partial charge in [-0.1, -0.05) is 25.1 Å². The molecule has 1 heterocycles. The van der Waals surface area contributed by atoms with Crippen LogP contribution in [0.15, 0.2) is 54.6 Å². The van der Waals surface area contributed by atoms with Crippen LogP contribution in [0.1, 0.15) is 90.2 Å². The summed E-state index contributed by atoms with van der Waals surface area (Å²) in [6, 6.07) is 9.41. The molecular formula is C67H104N8O24. The molecule has 3 atom stereocenters. The van der Waals surface area contributed by atoms with Gasteiger partial charge in [-0.15, -0.1) is 0 Å². The van der Waals surface area contributed by atoms with E-state index in [-0.39, 0.29) is 122 Å². The molecule has 556 valence electrons. The largest absolute Gasteiger partial charge is 0.506 e. The van der Waals surface area contributed by atoms with Gasteiger partial charge in [-0.05, 0) is 101 Å². The number of rotatable bonds is 58. The zero-order valence-electron chi connectivity index (χ0n) is 57.8. The molecule has 1 aliphatic rings. The standard InChI is InChI=1S/C67H104N8O24/c1-49(65(85)86)42-53(72-66(87)99-67(2,3)4)43-51-15-18-56(76)55(44-51)74-61(81)48-98-46-50-13-16-52(17-14-50)71-59(79)45-70-57(77)11-8-22-69-64(84)54(73-58(78)12-9-23-75-62(82)19-20-63(75)83)10-6-7-21-68-60(80)47-97-41-40-96-39-38-95-37-36-94-35-34-93-33-32-92-31-30-91-29-28-90-27-26-89-25-24-88-5/h13-20,44,49,53-54,76H,6-12,21-43,45-48H2,1-5H3,(H,68,80)(H,69,84)(H,70,77)(H,71,79)(H,72,87)(H,73,78)(H,74,81)(H,85,86)/t49-,53+,54-/m0/s1. The minimum absolute atomic E-state index is 0.0161. The first-order valence-electron chi connectivity index (χ1n) is 33.3. The van der Waals surface area contributed by atoms with Crippen molar-refractivity contribution >= 4 is 70.7 Å². The van der Waals surface area contributed by atoms with E-state index in [9.17, 15) is 58.2 Å². The normalized spacial score (nSPS) is 13.0. The third kappa shape index (κ3) is 43.4. The van der Waals surface area contributed by atoms with E-state index in [4.69, 9.17) is 56.8 Å². The molecule has 3 rings (SSSR count). The number of aliphatic carboxylic acids is 1. The molecule has 2 aromatic rings. The minimum atomic E-state index is -1.04. The van der Waals surface area contributed by atoms with Gasteiger partial charge in [-0.25, -0.2) is 4.79 Å². The minimum Gasteiger partial charge on any atom is -0.506 e. The lowest BCUT2D eigenvalue weighted by Crippen LogP contribution is -2.47. The van der Waals surface area contributed by atoms with Gasteiger partial charge in [0, 0.05) is 63.5 Å². The van der Waals surface area contributed by atoms with Gasteiger partial charge < -0.3 is 104 Å². The Morgan fingerprint density at radius 1 is 0.535 bits per heavy atom. The highest BCUT2D eigenvalue weighted by Gasteiger charge is 2.26. The number of benzene rings is 2. The fraction of sp³-hybridized carbons (Fsp3) is 0.642. The number of phenolic OH excluding ortho intramolecular Hbond substituents is 1. The fourth-order valence-corrected chi connectivity index (χ4v) is 8.88. The van der Waals surface area contributed by atoms with E-state index in [1.165, 1.54) is 19.1 Å². The quantitative estimate of drug-likeness (QED) is 0.0261. The number of imide groups is 1. The summed E-state index contributed by atoms with van der Waals surface area (Å²) in [4.78, 5) is 126. The highest BCUT2D eigenvalue weighted by Crippen LogP contribution is 2.26. The molecule has 0 unspecified atom stereocenters. The summed E-state index contributed by atoms with van der Waals surface area (Å²) in [6.07, 6.45) is 3.21. The number of alkyl carbamates (subject to hydrolysis) is 1. The molecule has 0 spiro atoms. The van der Waals surface area contributed by atoms with E-state index in [1.54, 1.807) is 58.2 Å². The van der Waals surface area contributed by atoms with E-state index < -0.39 is 77.0 Å². The number of phenols is 1. The van der Waals surface area contributed by atoms with Crippen molar-refractivity contribution < 1.29 is 115 Å². The van der Waals surface area contributed by atoms with Gasteiger partial charge in [0.15, 0.2) is 0 Å².